The number of nitrogens with zero attached hydrogens (tertiary/aromatic N) is 5. The summed E-state index contributed by atoms with van der Waals surface area (Å²) in [6.45, 7) is 7.78. The van der Waals surface area contributed by atoms with E-state index in [4.69, 9.17) is 4.99 Å². The lowest BCUT2D eigenvalue weighted by atomic mass is 9.94. The average molecular weight is 589 g/mol. The maximum absolute atomic E-state index is 12.3. The van der Waals surface area contributed by atoms with Crippen LogP contribution >= 0.6 is 11.3 Å². The molecule has 2 aromatic heterocycles. The summed E-state index contributed by atoms with van der Waals surface area (Å²) in [4.78, 5) is 18.5. The van der Waals surface area contributed by atoms with E-state index >= 15 is 0 Å². The quantitative estimate of drug-likeness (QED) is 0.302. The fraction of sp³-hybridized carbons (Fsp3) is 0.276. The van der Waals surface area contributed by atoms with Gasteiger partial charge in [-0.2, -0.15) is 5.26 Å². The zero-order chi connectivity index (χ0) is 29.6. The summed E-state index contributed by atoms with van der Waals surface area (Å²) >= 11 is 1.60. The van der Waals surface area contributed by atoms with Crippen LogP contribution in [-0.2, 0) is 14.8 Å². The Hall–Kier alpha value is -4.34. The van der Waals surface area contributed by atoms with Gasteiger partial charge < -0.3 is 5.11 Å². The van der Waals surface area contributed by atoms with Crippen LogP contribution in [0, 0.1) is 38.0 Å². The average Bonchev–Trinajstić information content (AvgIpc) is 3.39. The third-order valence-electron chi connectivity index (χ3n) is 7.25. The van der Waals surface area contributed by atoms with E-state index in [1.807, 2.05) is 56.5 Å². The van der Waals surface area contributed by atoms with Gasteiger partial charge in [0.2, 0.25) is 10.0 Å². The molecule has 0 saturated carbocycles. The molecule has 41 heavy (non-hydrogen) atoms. The van der Waals surface area contributed by atoms with Gasteiger partial charge in [-0.1, -0.05) is 37.3 Å². The predicted octanol–water partition coefficient (Wildman–Crippen LogP) is 5.17. The summed E-state index contributed by atoms with van der Waals surface area (Å²) in [6.07, 6.45) is 1.41. The monoisotopic (exact) mass is 588 g/mol. The highest BCUT2D eigenvalue weighted by molar-refractivity contribution is 7.92. The number of anilines is 1. The summed E-state index contributed by atoms with van der Waals surface area (Å²) in [5.41, 5.74) is 5.48. The van der Waals surface area contributed by atoms with Crippen molar-refractivity contribution >= 4 is 38.7 Å². The topological polar surface area (TPSA) is 150 Å². The maximum atomic E-state index is 12.3. The van der Waals surface area contributed by atoms with Crippen LogP contribution in [0.25, 0.3) is 16.1 Å². The molecular weight excluding hydrogens is 560 g/mol. The first-order valence-electron chi connectivity index (χ1n) is 12.9. The number of carboxylic acid groups (broad SMARTS) is 1. The summed E-state index contributed by atoms with van der Waals surface area (Å²) in [6, 6.07) is 13.9. The van der Waals surface area contributed by atoms with Gasteiger partial charge >= 0.3 is 5.97 Å². The third-order valence-corrected chi connectivity index (χ3v) is 9.04. The highest BCUT2D eigenvalue weighted by atomic mass is 32.2. The van der Waals surface area contributed by atoms with E-state index < -0.39 is 28.0 Å². The number of hydrogen-bond acceptors (Lipinski definition) is 8. The third kappa shape index (κ3) is 5.14. The number of aliphatic carboxylic acids is 1. The Bertz CT molecular complexity index is 1860. The van der Waals surface area contributed by atoms with Crippen LogP contribution in [0.4, 0.5) is 5.69 Å². The molecule has 2 aromatic carbocycles. The Kier molecular flexibility index (Phi) is 7.27. The van der Waals surface area contributed by atoms with Crippen LogP contribution < -0.4 is 4.72 Å². The van der Waals surface area contributed by atoms with Gasteiger partial charge in [-0.05, 0) is 56.0 Å². The van der Waals surface area contributed by atoms with Gasteiger partial charge in [0.05, 0.1) is 29.1 Å². The molecule has 12 heteroatoms. The number of carboxylic acids is 1. The Balaban J connectivity index is 1.64. The molecule has 2 atom stereocenters. The summed E-state index contributed by atoms with van der Waals surface area (Å²) in [5.74, 6) is -0.548. The van der Waals surface area contributed by atoms with E-state index in [2.05, 4.69) is 21.0 Å². The van der Waals surface area contributed by atoms with Gasteiger partial charge in [-0.3, -0.25) is 19.1 Å². The van der Waals surface area contributed by atoms with E-state index in [9.17, 15) is 23.6 Å². The number of rotatable bonds is 7. The number of aryl methyl sites for hydroxylation is 2. The van der Waals surface area contributed by atoms with Gasteiger partial charge in [0, 0.05) is 16.0 Å². The zero-order valence-electron chi connectivity index (χ0n) is 23.1. The minimum absolute atomic E-state index is 0.208. The molecule has 10 nitrogen and oxygen atoms in total. The van der Waals surface area contributed by atoms with E-state index in [1.54, 1.807) is 29.5 Å². The first-order chi connectivity index (χ1) is 19.4. The van der Waals surface area contributed by atoms with E-state index in [0.717, 1.165) is 44.0 Å². The molecule has 210 valence electrons. The number of thiophene rings is 1. The Morgan fingerprint density at radius 1 is 1.12 bits per heavy atom. The number of sulfonamides is 1. The highest BCUT2D eigenvalue weighted by Gasteiger charge is 2.37. The van der Waals surface area contributed by atoms with E-state index in [-0.39, 0.29) is 11.3 Å². The summed E-state index contributed by atoms with van der Waals surface area (Å²) in [5, 5.41) is 29.3. The van der Waals surface area contributed by atoms with Crippen LogP contribution in [0.2, 0.25) is 0 Å². The largest absolute Gasteiger partial charge is 0.481 e. The normalized spacial score (nSPS) is 15.2. The number of fused-ring (bicyclic) bond motifs is 3. The molecular formula is C29H28N6O4S2. The van der Waals surface area contributed by atoms with Crippen LogP contribution in [0.5, 0.6) is 0 Å². The molecule has 0 spiro atoms. The van der Waals surface area contributed by atoms with Gasteiger partial charge in [-0.25, -0.2) is 8.42 Å². The number of nitriles is 1. The van der Waals surface area contributed by atoms with Crippen LogP contribution in [-0.4, -0.2) is 46.2 Å². The summed E-state index contributed by atoms with van der Waals surface area (Å²) in [7, 11) is -3.53. The molecule has 1 unspecified atom stereocenters. The van der Waals surface area contributed by atoms with Crippen molar-refractivity contribution in [2.75, 3.05) is 11.0 Å². The van der Waals surface area contributed by atoms with Crippen molar-refractivity contribution < 1.29 is 18.3 Å². The minimum atomic E-state index is -3.53. The van der Waals surface area contributed by atoms with Gasteiger partial charge in [0.15, 0.2) is 5.82 Å². The molecule has 2 N–H and O–H groups in total. The molecule has 0 radical (unpaired) electrons. The molecule has 0 fully saturated rings. The lowest BCUT2D eigenvalue weighted by Gasteiger charge is -2.19. The van der Waals surface area contributed by atoms with Crippen LogP contribution in [0.15, 0.2) is 47.5 Å². The van der Waals surface area contributed by atoms with Crippen molar-refractivity contribution in [3.63, 3.8) is 0 Å². The van der Waals surface area contributed by atoms with Gasteiger partial charge in [-0.15, -0.1) is 21.5 Å². The fourth-order valence-corrected chi connectivity index (χ4v) is 6.87. The zero-order valence-corrected chi connectivity index (χ0v) is 24.8. The number of aromatic nitrogens is 3. The molecule has 1 aliphatic heterocycles. The molecule has 0 saturated heterocycles. The number of nitrogens with one attached hydrogen (secondary N) is 1. The van der Waals surface area contributed by atoms with Crippen molar-refractivity contribution in [2.24, 2.45) is 10.9 Å². The number of carbonyl (C=O) groups is 1. The number of aliphatic imine (C=N–C) groups is 1. The molecule has 0 bridgehead atoms. The van der Waals surface area contributed by atoms with Crippen LogP contribution in [0.3, 0.4) is 0 Å². The maximum Gasteiger partial charge on any atom is 0.309 e. The minimum Gasteiger partial charge on any atom is -0.481 e. The molecule has 0 amide bonds. The molecule has 5 rings (SSSR count). The van der Waals surface area contributed by atoms with Gasteiger partial charge in [0.25, 0.3) is 0 Å². The number of benzene rings is 2. The van der Waals surface area contributed by atoms with Crippen molar-refractivity contribution in [1.29, 1.82) is 5.26 Å². The van der Waals surface area contributed by atoms with Crippen molar-refractivity contribution in [2.45, 2.75) is 40.2 Å². The summed E-state index contributed by atoms with van der Waals surface area (Å²) < 4.78 is 27.7. The fourth-order valence-electron chi connectivity index (χ4n) is 5.08. The molecule has 1 aliphatic rings. The first-order valence-corrected chi connectivity index (χ1v) is 15.6. The highest BCUT2D eigenvalue weighted by Crippen LogP contribution is 2.41. The van der Waals surface area contributed by atoms with E-state index in [0.29, 0.717) is 23.8 Å². The second-order valence-corrected chi connectivity index (χ2v) is 13.0. The lowest BCUT2D eigenvalue weighted by Crippen LogP contribution is -2.23. The standard InChI is InChI=1S/C29H28N6O4S2/c1-6-22(29(36)37)26-27-33-32-17(4)35(27)28-24(15(2)16(3)40-28)25(31-26)19-9-7-18(8-10-19)20-11-12-23(21(13-20)14-30)34-41(5,38)39/h7-13,22,26,34H,6H2,1-5H3,(H,36,37)/t22?,26-/m0/s1. The smallest absolute Gasteiger partial charge is 0.309 e. The van der Waals surface area contributed by atoms with Crippen molar-refractivity contribution in [3.05, 3.63) is 81.2 Å². The van der Waals surface area contributed by atoms with Crippen LogP contribution in [0.1, 0.15) is 58.2 Å². The van der Waals surface area contributed by atoms with E-state index in [1.165, 1.54) is 0 Å². The molecule has 4 aromatic rings. The molecule has 0 aliphatic carbocycles. The second-order valence-electron chi connectivity index (χ2n) is 10.0. The SMILES string of the molecule is CCC(C(=O)O)[C@@H]1N=C(c2ccc(-c3ccc(NS(C)(=O)=O)c(C#N)c3)cc2)c2c(sc(C)c2C)-n2c(C)nnc21. The Labute approximate surface area is 242 Å². The second kappa shape index (κ2) is 10.6. The van der Waals surface area contributed by atoms with Gasteiger partial charge in [0.1, 0.15) is 22.9 Å². The van der Waals surface area contributed by atoms with Crippen molar-refractivity contribution in [3.8, 4) is 22.2 Å². The molecule has 3 heterocycles. The Morgan fingerprint density at radius 3 is 2.39 bits per heavy atom. The Morgan fingerprint density at radius 2 is 1.78 bits per heavy atom. The lowest BCUT2D eigenvalue weighted by molar-refractivity contribution is -0.142. The van der Waals surface area contributed by atoms with Crippen molar-refractivity contribution in [1.82, 2.24) is 14.8 Å². The first kappa shape index (κ1) is 28.2. The number of hydrogen-bond donors (Lipinski definition) is 2. The predicted molar refractivity (Wildman–Crippen MR) is 158 cm³/mol.